The van der Waals surface area contributed by atoms with E-state index in [0.717, 1.165) is 5.56 Å². The average molecular weight is 429 g/mol. The maximum absolute atomic E-state index is 13.1. The van der Waals surface area contributed by atoms with Crippen molar-refractivity contribution in [2.75, 3.05) is 22.5 Å². The molecule has 0 aliphatic carbocycles. The molecule has 0 unspecified atom stereocenters. The predicted molar refractivity (Wildman–Crippen MR) is 119 cm³/mol. The molecule has 0 amide bonds. The molecular formula is C20H20N4O3S2. The van der Waals surface area contributed by atoms with Gasteiger partial charge in [-0.05, 0) is 61.1 Å². The average Bonchev–Trinajstić information content (AvgIpc) is 2.70. The zero-order valence-corrected chi connectivity index (χ0v) is 17.5. The van der Waals surface area contributed by atoms with E-state index in [9.17, 15) is 8.42 Å². The van der Waals surface area contributed by atoms with Crippen LogP contribution in [-0.2, 0) is 10.0 Å². The largest absolute Gasteiger partial charge is 0.495 e. The highest BCUT2D eigenvalue weighted by molar-refractivity contribution is 7.93. The predicted octanol–water partition coefficient (Wildman–Crippen LogP) is 4.01. The van der Waals surface area contributed by atoms with E-state index in [1.807, 2.05) is 6.92 Å². The lowest BCUT2D eigenvalue weighted by atomic mass is 10.2. The van der Waals surface area contributed by atoms with Crippen molar-refractivity contribution in [1.29, 1.82) is 0 Å². The van der Waals surface area contributed by atoms with Crippen LogP contribution in [-0.4, -0.2) is 25.6 Å². The number of benzene rings is 2. The van der Waals surface area contributed by atoms with Crippen molar-refractivity contribution in [3.05, 3.63) is 72.6 Å². The Morgan fingerprint density at radius 1 is 1.03 bits per heavy atom. The number of methoxy groups -OCH3 is 1. The molecule has 3 rings (SSSR count). The normalized spacial score (nSPS) is 10.8. The summed E-state index contributed by atoms with van der Waals surface area (Å²) in [4.78, 5) is 4.08. The Labute approximate surface area is 175 Å². The molecule has 0 bridgehead atoms. The van der Waals surface area contributed by atoms with Gasteiger partial charge >= 0.3 is 0 Å². The van der Waals surface area contributed by atoms with Gasteiger partial charge in [0.25, 0.3) is 10.0 Å². The highest BCUT2D eigenvalue weighted by Crippen LogP contribution is 2.29. The summed E-state index contributed by atoms with van der Waals surface area (Å²) < 4.78 is 34.0. The number of sulfonamides is 1. The molecule has 0 fully saturated rings. The van der Waals surface area contributed by atoms with E-state index in [1.54, 1.807) is 67.0 Å². The first-order valence-electron chi connectivity index (χ1n) is 8.63. The molecule has 0 aliphatic rings. The first kappa shape index (κ1) is 20.6. The van der Waals surface area contributed by atoms with E-state index >= 15 is 0 Å². The Morgan fingerprint density at radius 3 is 2.55 bits per heavy atom. The molecule has 1 aromatic heterocycles. The van der Waals surface area contributed by atoms with Gasteiger partial charge in [0.05, 0.1) is 30.4 Å². The van der Waals surface area contributed by atoms with E-state index in [4.69, 9.17) is 17.0 Å². The number of hydrogen-bond acceptors (Lipinski definition) is 5. The summed E-state index contributed by atoms with van der Waals surface area (Å²) >= 11 is 5.32. The summed E-state index contributed by atoms with van der Waals surface area (Å²) in [6.45, 7) is 1.82. The fourth-order valence-corrected chi connectivity index (χ4v) is 4.15. The smallest absolute Gasteiger partial charge is 0.264 e. The van der Waals surface area contributed by atoms with Gasteiger partial charge in [0.15, 0.2) is 5.11 Å². The molecule has 150 valence electrons. The number of hydrogen-bond donors (Lipinski definition) is 3. The number of aromatic nitrogens is 1. The van der Waals surface area contributed by atoms with E-state index in [0.29, 0.717) is 22.8 Å². The molecule has 0 aliphatic heterocycles. The molecule has 2 aromatic carbocycles. The second-order valence-electron chi connectivity index (χ2n) is 6.13. The zero-order valence-electron chi connectivity index (χ0n) is 15.8. The SMILES string of the molecule is COc1ccccc1NS(=O)(=O)c1cc(C)ccc1NC(=S)Nc1cccnc1. The van der Waals surface area contributed by atoms with Gasteiger partial charge < -0.3 is 15.4 Å². The van der Waals surface area contributed by atoms with Crippen LogP contribution in [0.1, 0.15) is 5.56 Å². The van der Waals surface area contributed by atoms with Crippen LogP contribution < -0.4 is 20.1 Å². The summed E-state index contributed by atoms with van der Waals surface area (Å²) in [5, 5.41) is 6.17. The number of thiocarbonyl (C=S) groups is 1. The molecule has 0 saturated carbocycles. The third-order valence-electron chi connectivity index (χ3n) is 3.95. The van der Waals surface area contributed by atoms with Crippen LogP contribution in [0.4, 0.5) is 17.1 Å². The highest BCUT2D eigenvalue weighted by Gasteiger charge is 2.21. The van der Waals surface area contributed by atoms with Crippen molar-refractivity contribution in [1.82, 2.24) is 4.98 Å². The van der Waals surface area contributed by atoms with Crippen LogP contribution in [0.25, 0.3) is 0 Å². The van der Waals surface area contributed by atoms with E-state index < -0.39 is 10.0 Å². The van der Waals surface area contributed by atoms with Gasteiger partial charge in [-0.2, -0.15) is 0 Å². The Bertz CT molecular complexity index is 1120. The lowest BCUT2D eigenvalue weighted by molar-refractivity contribution is 0.417. The lowest BCUT2D eigenvalue weighted by Crippen LogP contribution is -2.22. The van der Waals surface area contributed by atoms with Crippen molar-refractivity contribution in [3.8, 4) is 5.75 Å². The first-order chi connectivity index (χ1) is 13.9. The Morgan fingerprint density at radius 2 is 1.83 bits per heavy atom. The number of aryl methyl sites for hydroxylation is 1. The number of para-hydroxylation sites is 2. The molecular weight excluding hydrogens is 408 g/mol. The quantitative estimate of drug-likeness (QED) is 0.511. The fraction of sp³-hybridized carbons (Fsp3) is 0.100. The maximum Gasteiger partial charge on any atom is 0.264 e. The molecule has 0 saturated heterocycles. The maximum atomic E-state index is 13.1. The van der Waals surface area contributed by atoms with Gasteiger partial charge in [-0.1, -0.05) is 18.2 Å². The molecule has 0 spiro atoms. The molecule has 29 heavy (non-hydrogen) atoms. The standard InChI is InChI=1S/C20H20N4O3S2/c1-14-9-10-17(23-20(28)22-15-6-5-11-21-13-15)19(12-14)29(25,26)24-16-7-3-4-8-18(16)27-2/h3-13,24H,1-2H3,(H2,22,23,28). The number of nitrogens with zero attached hydrogens (tertiary/aromatic N) is 1. The third-order valence-corrected chi connectivity index (χ3v) is 5.56. The number of ether oxygens (including phenoxy) is 1. The van der Waals surface area contributed by atoms with Crippen LogP contribution in [0.15, 0.2) is 71.9 Å². The number of rotatable bonds is 6. The van der Waals surface area contributed by atoms with Gasteiger partial charge in [-0.25, -0.2) is 8.42 Å². The van der Waals surface area contributed by atoms with E-state index in [-0.39, 0.29) is 10.0 Å². The lowest BCUT2D eigenvalue weighted by Gasteiger charge is -2.17. The number of pyridine rings is 1. The van der Waals surface area contributed by atoms with Crippen molar-refractivity contribution in [2.45, 2.75) is 11.8 Å². The molecule has 9 heteroatoms. The summed E-state index contributed by atoms with van der Waals surface area (Å²) in [7, 11) is -2.43. The molecule has 1 heterocycles. The second kappa shape index (κ2) is 8.89. The Kier molecular flexibility index (Phi) is 6.30. The van der Waals surface area contributed by atoms with E-state index in [1.165, 1.54) is 7.11 Å². The number of anilines is 3. The summed E-state index contributed by atoms with van der Waals surface area (Å²) in [6.07, 6.45) is 3.26. The van der Waals surface area contributed by atoms with Gasteiger partial charge in [-0.15, -0.1) is 0 Å². The van der Waals surface area contributed by atoms with Crippen molar-refractivity contribution in [2.24, 2.45) is 0 Å². The molecule has 0 atom stereocenters. The Balaban J connectivity index is 1.88. The third kappa shape index (κ3) is 5.21. The molecule has 7 nitrogen and oxygen atoms in total. The monoisotopic (exact) mass is 428 g/mol. The van der Waals surface area contributed by atoms with Crippen LogP contribution in [0.5, 0.6) is 5.75 Å². The zero-order chi connectivity index (χ0) is 20.9. The highest BCUT2D eigenvalue weighted by atomic mass is 32.2. The Hall–Kier alpha value is -3.17. The van der Waals surface area contributed by atoms with Gasteiger partial charge in [0.2, 0.25) is 0 Å². The van der Waals surface area contributed by atoms with Crippen molar-refractivity contribution < 1.29 is 13.2 Å². The molecule has 3 aromatic rings. The minimum absolute atomic E-state index is 0.0683. The summed E-state index contributed by atoms with van der Waals surface area (Å²) in [5.74, 6) is 0.423. The van der Waals surface area contributed by atoms with Crippen molar-refractivity contribution >= 4 is 44.4 Å². The minimum atomic E-state index is -3.91. The van der Waals surface area contributed by atoms with Gasteiger partial charge in [-0.3, -0.25) is 9.71 Å². The fourth-order valence-electron chi connectivity index (χ4n) is 2.61. The second-order valence-corrected chi connectivity index (χ2v) is 8.19. The minimum Gasteiger partial charge on any atom is -0.495 e. The van der Waals surface area contributed by atoms with Crippen LogP contribution >= 0.6 is 12.2 Å². The number of nitrogens with one attached hydrogen (secondary N) is 3. The van der Waals surface area contributed by atoms with Crippen LogP contribution in [0.3, 0.4) is 0 Å². The first-order valence-corrected chi connectivity index (χ1v) is 10.5. The topological polar surface area (TPSA) is 92.3 Å². The van der Waals surface area contributed by atoms with Gasteiger partial charge in [0, 0.05) is 6.20 Å². The van der Waals surface area contributed by atoms with Crippen LogP contribution in [0.2, 0.25) is 0 Å². The summed E-state index contributed by atoms with van der Waals surface area (Å²) in [5.41, 5.74) is 2.17. The summed E-state index contributed by atoms with van der Waals surface area (Å²) in [6, 6.07) is 15.4. The van der Waals surface area contributed by atoms with Crippen molar-refractivity contribution in [3.63, 3.8) is 0 Å². The van der Waals surface area contributed by atoms with Gasteiger partial charge in [0.1, 0.15) is 10.6 Å². The van der Waals surface area contributed by atoms with Crippen LogP contribution in [0, 0.1) is 6.92 Å². The molecule has 3 N–H and O–H groups in total. The molecule has 0 radical (unpaired) electrons. The van der Waals surface area contributed by atoms with E-state index in [2.05, 4.69) is 20.3 Å².